The van der Waals surface area contributed by atoms with Gasteiger partial charge in [0, 0.05) is 12.0 Å². The molecule has 0 radical (unpaired) electrons. The lowest BCUT2D eigenvalue weighted by Gasteiger charge is -1.96. The summed E-state index contributed by atoms with van der Waals surface area (Å²) in [6.45, 7) is 0. The summed E-state index contributed by atoms with van der Waals surface area (Å²) in [6.07, 6.45) is 0.0367. The number of carboxylic acid groups (broad SMARTS) is 1. The van der Waals surface area contributed by atoms with Crippen molar-refractivity contribution < 1.29 is 18.8 Å². The lowest BCUT2D eigenvalue weighted by atomic mass is 10.2. The van der Waals surface area contributed by atoms with E-state index < -0.39 is 11.8 Å². The lowest BCUT2D eigenvalue weighted by molar-refractivity contribution is -0.137. The molecule has 1 aromatic carbocycles. The molecule has 18 heavy (non-hydrogen) atoms. The molecule has 7 heteroatoms. The van der Waals surface area contributed by atoms with E-state index in [9.17, 15) is 9.18 Å². The molecular weight excluding hydrogens is 263 g/mol. The summed E-state index contributed by atoms with van der Waals surface area (Å²) in [7, 11) is 0. The number of carbonyl (C=O) groups is 1. The summed E-state index contributed by atoms with van der Waals surface area (Å²) in [5.41, 5.74) is 0.419. The number of carboxylic acids is 1. The molecule has 5 nitrogen and oxygen atoms in total. The van der Waals surface area contributed by atoms with Gasteiger partial charge in [-0.15, -0.1) is 0 Å². The highest BCUT2D eigenvalue weighted by Crippen LogP contribution is 2.22. The van der Waals surface area contributed by atoms with Crippen LogP contribution in [0.15, 0.2) is 22.7 Å². The number of nitrogens with zero attached hydrogens (tertiary/aromatic N) is 2. The van der Waals surface area contributed by atoms with Crippen molar-refractivity contribution in [2.24, 2.45) is 0 Å². The van der Waals surface area contributed by atoms with E-state index in [-0.39, 0.29) is 29.6 Å². The summed E-state index contributed by atoms with van der Waals surface area (Å²) in [6, 6.07) is 4.13. The van der Waals surface area contributed by atoms with E-state index in [2.05, 4.69) is 10.1 Å². The standard InChI is InChI=1S/C11H8ClFN2O3/c12-7-2-1-6(5-8(7)13)11-14-9(18-15-11)3-4-10(16)17/h1-2,5H,3-4H2,(H,16,17). The van der Waals surface area contributed by atoms with Crippen LogP contribution in [0.1, 0.15) is 12.3 Å². The van der Waals surface area contributed by atoms with Gasteiger partial charge in [0.2, 0.25) is 11.7 Å². The third-order valence-corrected chi connectivity index (χ3v) is 2.51. The minimum absolute atomic E-state index is 0.00773. The van der Waals surface area contributed by atoms with Gasteiger partial charge in [-0.2, -0.15) is 4.98 Å². The number of hydrogen-bond donors (Lipinski definition) is 1. The van der Waals surface area contributed by atoms with Gasteiger partial charge in [-0.3, -0.25) is 4.79 Å². The molecule has 1 heterocycles. The van der Waals surface area contributed by atoms with Gasteiger partial charge < -0.3 is 9.63 Å². The van der Waals surface area contributed by atoms with Crippen LogP contribution >= 0.6 is 11.6 Å². The summed E-state index contributed by atoms with van der Waals surface area (Å²) in [5, 5.41) is 12.2. The second-order valence-corrected chi connectivity index (χ2v) is 3.94. The number of rotatable bonds is 4. The van der Waals surface area contributed by atoms with Gasteiger partial charge in [-0.05, 0) is 18.2 Å². The van der Waals surface area contributed by atoms with E-state index >= 15 is 0 Å². The predicted molar refractivity (Wildman–Crippen MR) is 60.7 cm³/mol. The number of benzene rings is 1. The average Bonchev–Trinajstić information content (AvgIpc) is 2.79. The minimum Gasteiger partial charge on any atom is -0.481 e. The molecule has 0 aliphatic carbocycles. The zero-order valence-electron chi connectivity index (χ0n) is 9.06. The fraction of sp³-hybridized carbons (Fsp3) is 0.182. The molecule has 0 spiro atoms. The highest BCUT2D eigenvalue weighted by atomic mass is 35.5. The molecule has 0 aliphatic heterocycles. The fourth-order valence-electron chi connectivity index (χ4n) is 1.32. The third kappa shape index (κ3) is 2.84. The van der Waals surface area contributed by atoms with Crippen LogP contribution in [0.25, 0.3) is 11.4 Å². The van der Waals surface area contributed by atoms with E-state index in [1.807, 2.05) is 0 Å². The van der Waals surface area contributed by atoms with Crippen LogP contribution in [0, 0.1) is 5.82 Å². The first kappa shape index (κ1) is 12.5. The largest absolute Gasteiger partial charge is 0.481 e. The average molecular weight is 271 g/mol. The summed E-state index contributed by atoms with van der Waals surface area (Å²) in [4.78, 5) is 14.3. The molecule has 0 saturated heterocycles. The van der Waals surface area contributed by atoms with Crippen LogP contribution in [0.4, 0.5) is 4.39 Å². The van der Waals surface area contributed by atoms with Crippen molar-refractivity contribution in [1.82, 2.24) is 10.1 Å². The van der Waals surface area contributed by atoms with Gasteiger partial charge in [0.25, 0.3) is 0 Å². The van der Waals surface area contributed by atoms with Crippen LogP contribution in [-0.4, -0.2) is 21.2 Å². The number of aromatic nitrogens is 2. The Balaban J connectivity index is 2.18. The maximum absolute atomic E-state index is 13.2. The molecule has 2 aromatic rings. The van der Waals surface area contributed by atoms with Crippen molar-refractivity contribution in [1.29, 1.82) is 0 Å². The monoisotopic (exact) mass is 270 g/mol. The SMILES string of the molecule is O=C(O)CCc1nc(-c2ccc(Cl)c(F)c2)no1. The Morgan fingerprint density at radius 3 is 2.94 bits per heavy atom. The molecule has 0 saturated carbocycles. The minimum atomic E-state index is -0.952. The van der Waals surface area contributed by atoms with Crippen molar-refractivity contribution in [2.75, 3.05) is 0 Å². The smallest absolute Gasteiger partial charge is 0.303 e. The molecule has 0 fully saturated rings. The van der Waals surface area contributed by atoms with Gasteiger partial charge in [0.15, 0.2) is 0 Å². The maximum atomic E-state index is 13.2. The van der Waals surface area contributed by atoms with E-state index in [0.29, 0.717) is 5.56 Å². The van der Waals surface area contributed by atoms with Gasteiger partial charge >= 0.3 is 5.97 Å². The Hall–Kier alpha value is -1.95. The van der Waals surface area contributed by atoms with Crippen molar-refractivity contribution in [3.05, 3.63) is 34.9 Å². The first-order valence-electron chi connectivity index (χ1n) is 5.06. The number of aryl methyl sites for hydroxylation is 1. The van der Waals surface area contributed by atoms with Crippen molar-refractivity contribution >= 4 is 17.6 Å². The predicted octanol–water partition coefficient (Wildman–Crippen LogP) is 2.55. The Morgan fingerprint density at radius 1 is 1.50 bits per heavy atom. The zero-order valence-corrected chi connectivity index (χ0v) is 9.82. The third-order valence-electron chi connectivity index (χ3n) is 2.20. The van der Waals surface area contributed by atoms with Crippen molar-refractivity contribution in [3.8, 4) is 11.4 Å². The molecule has 0 unspecified atom stereocenters. The van der Waals surface area contributed by atoms with E-state index in [0.717, 1.165) is 0 Å². The summed E-state index contributed by atoms with van der Waals surface area (Å²) < 4.78 is 18.1. The highest BCUT2D eigenvalue weighted by molar-refractivity contribution is 6.30. The first-order valence-corrected chi connectivity index (χ1v) is 5.44. The second kappa shape index (κ2) is 5.14. The van der Waals surface area contributed by atoms with Crippen LogP contribution in [0.5, 0.6) is 0 Å². The van der Waals surface area contributed by atoms with Crippen LogP contribution in [0.3, 0.4) is 0 Å². The van der Waals surface area contributed by atoms with Crippen LogP contribution in [-0.2, 0) is 11.2 Å². The number of halogens is 2. The van der Waals surface area contributed by atoms with Gasteiger partial charge in [-0.1, -0.05) is 16.8 Å². The molecule has 0 amide bonds. The van der Waals surface area contributed by atoms with Gasteiger partial charge in [0.1, 0.15) is 5.82 Å². The Kier molecular flexibility index (Phi) is 3.57. The lowest BCUT2D eigenvalue weighted by Crippen LogP contribution is -1.97. The molecule has 0 atom stereocenters. The van der Waals surface area contributed by atoms with E-state index in [1.54, 1.807) is 6.07 Å². The summed E-state index contributed by atoms with van der Waals surface area (Å²) in [5.74, 6) is -1.13. The quantitative estimate of drug-likeness (QED) is 0.924. The molecular formula is C11H8ClFN2O3. The fourth-order valence-corrected chi connectivity index (χ4v) is 1.44. The molecule has 0 aliphatic rings. The molecule has 0 bridgehead atoms. The van der Waals surface area contributed by atoms with Crippen molar-refractivity contribution in [3.63, 3.8) is 0 Å². The maximum Gasteiger partial charge on any atom is 0.303 e. The van der Waals surface area contributed by atoms with Gasteiger partial charge in [-0.25, -0.2) is 4.39 Å². The molecule has 94 valence electrons. The van der Waals surface area contributed by atoms with Crippen LogP contribution < -0.4 is 0 Å². The normalized spacial score (nSPS) is 10.6. The molecule has 1 aromatic heterocycles. The number of aliphatic carboxylic acids is 1. The van der Waals surface area contributed by atoms with E-state index in [1.165, 1.54) is 12.1 Å². The van der Waals surface area contributed by atoms with E-state index in [4.69, 9.17) is 21.2 Å². The van der Waals surface area contributed by atoms with Crippen molar-refractivity contribution in [2.45, 2.75) is 12.8 Å². The Bertz CT molecular complexity index is 585. The van der Waals surface area contributed by atoms with Gasteiger partial charge in [0.05, 0.1) is 11.4 Å². The summed E-state index contributed by atoms with van der Waals surface area (Å²) >= 11 is 5.55. The second-order valence-electron chi connectivity index (χ2n) is 3.53. The zero-order chi connectivity index (χ0) is 13.1. The number of hydrogen-bond acceptors (Lipinski definition) is 4. The molecule has 1 N–H and O–H groups in total. The van der Waals surface area contributed by atoms with Crippen LogP contribution in [0.2, 0.25) is 5.02 Å². The Labute approximate surface area is 106 Å². The first-order chi connectivity index (χ1) is 8.56. The topological polar surface area (TPSA) is 76.2 Å². The molecule has 2 rings (SSSR count). The highest BCUT2D eigenvalue weighted by Gasteiger charge is 2.11. The Morgan fingerprint density at radius 2 is 2.28 bits per heavy atom.